The molecule has 1 aromatic carbocycles. The van der Waals surface area contributed by atoms with Crippen molar-refractivity contribution < 1.29 is 19.0 Å². The summed E-state index contributed by atoms with van der Waals surface area (Å²) in [4.78, 5) is 0. The number of alkyl halides is 1. The highest BCUT2D eigenvalue weighted by molar-refractivity contribution is 9.09. The topological polar surface area (TPSA) is 40.5 Å². The number of aryl methyl sites for hydroxylation is 1. The number of aliphatic hydroxyl groups excluding tert-OH is 2. The number of hydrogen-bond donors (Lipinski definition) is 2. The van der Waals surface area contributed by atoms with Gasteiger partial charge in [0.1, 0.15) is 17.7 Å². The van der Waals surface area contributed by atoms with E-state index in [1.807, 2.05) is 0 Å². The molecule has 0 spiro atoms. The van der Waals surface area contributed by atoms with Gasteiger partial charge in [-0.1, -0.05) is 15.9 Å². The molecule has 0 radical (unpaired) electrons. The minimum atomic E-state index is -1.34. The second kappa shape index (κ2) is 5.70. The van der Waals surface area contributed by atoms with Gasteiger partial charge in [0.05, 0.1) is 6.10 Å². The molecule has 0 saturated carbocycles. The third-order valence-corrected chi connectivity index (χ3v) is 2.82. The van der Waals surface area contributed by atoms with Crippen molar-refractivity contribution in [2.24, 2.45) is 0 Å². The van der Waals surface area contributed by atoms with Crippen LogP contribution in [0.1, 0.15) is 23.7 Å². The third-order valence-electron chi connectivity index (χ3n) is 2.37. The van der Waals surface area contributed by atoms with Gasteiger partial charge in [0.25, 0.3) is 0 Å². The molecule has 2 unspecified atom stereocenters. The lowest BCUT2D eigenvalue weighted by atomic mass is 10.00. The summed E-state index contributed by atoms with van der Waals surface area (Å²) >= 11 is 3.11. The van der Waals surface area contributed by atoms with Crippen LogP contribution in [0.25, 0.3) is 0 Å². The molecule has 5 heteroatoms. The number of aliphatic hydroxyl groups is 2. The molecule has 0 aliphatic rings. The standard InChI is InChI=1S/C11H13BrF2O2/c1-6-4-7(9(14)5-8(6)13)11(16)10(15)2-3-12/h4-5,10-11,15-16H,2-3H2,1H3. The van der Waals surface area contributed by atoms with Crippen LogP contribution in [0, 0.1) is 18.6 Å². The third kappa shape index (κ3) is 2.99. The summed E-state index contributed by atoms with van der Waals surface area (Å²) in [5.41, 5.74) is 0.161. The number of benzene rings is 1. The van der Waals surface area contributed by atoms with Gasteiger partial charge < -0.3 is 10.2 Å². The highest BCUT2D eigenvalue weighted by Crippen LogP contribution is 2.24. The van der Waals surface area contributed by atoms with Crippen LogP contribution in [0.4, 0.5) is 8.78 Å². The summed E-state index contributed by atoms with van der Waals surface area (Å²) in [7, 11) is 0. The van der Waals surface area contributed by atoms with Crippen LogP contribution in [0.2, 0.25) is 0 Å². The summed E-state index contributed by atoms with van der Waals surface area (Å²) in [6.07, 6.45) is -2.12. The molecule has 0 fully saturated rings. The molecule has 16 heavy (non-hydrogen) atoms. The van der Waals surface area contributed by atoms with Gasteiger partial charge in [-0.25, -0.2) is 8.78 Å². The van der Waals surface area contributed by atoms with Crippen molar-refractivity contribution in [1.29, 1.82) is 0 Å². The minimum absolute atomic E-state index is 0.0765. The van der Waals surface area contributed by atoms with Crippen LogP contribution in [0.5, 0.6) is 0 Å². The number of halogens is 3. The van der Waals surface area contributed by atoms with E-state index in [4.69, 9.17) is 0 Å². The Kier molecular flexibility index (Phi) is 4.83. The second-order valence-electron chi connectivity index (χ2n) is 3.61. The minimum Gasteiger partial charge on any atom is -0.390 e. The molecule has 2 atom stereocenters. The Hall–Kier alpha value is -0.520. The molecule has 90 valence electrons. The lowest BCUT2D eigenvalue weighted by Crippen LogP contribution is -2.20. The molecule has 2 N–H and O–H groups in total. The maximum absolute atomic E-state index is 13.4. The predicted octanol–water partition coefficient (Wildman–Crippen LogP) is 2.45. The van der Waals surface area contributed by atoms with Gasteiger partial charge >= 0.3 is 0 Å². The number of rotatable bonds is 4. The Labute approximate surface area is 101 Å². The van der Waals surface area contributed by atoms with Crippen molar-refractivity contribution in [3.63, 3.8) is 0 Å². The Morgan fingerprint density at radius 1 is 1.25 bits per heavy atom. The van der Waals surface area contributed by atoms with Gasteiger partial charge in [-0.3, -0.25) is 0 Å². The lowest BCUT2D eigenvalue weighted by Gasteiger charge is -2.18. The Balaban J connectivity index is 2.99. The fraction of sp³-hybridized carbons (Fsp3) is 0.455. The van der Waals surface area contributed by atoms with E-state index in [-0.39, 0.29) is 17.5 Å². The molecule has 0 heterocycles. The first-order valence-corrected chi connectivity index (χ1v) is 5.97. The zero-order chi connectivity index (χ0) is 12.3. The van der Waals surface area contributed by atoms with Gasteiger partial charge in [0.2, 0.25) is 0 Å². The average Bonchev–Trinajstić information content (AvgIpc) is 2.23. The largest absolute Gasteiger partial charge is 0.390 e. The maximum atomic E-state index is 13.4. The predicted molar refractivity (Wildman–Crippen MR) is 60.5 cm³/mol. The van der Waals surface area contributed by atoms with Crippen molar-refractivity contribution in [2.45, 2.75) is 25.6 Å². The molecule has 0 amide bonds. The summed E-state index contributed by atoms with van der Waals surface area (Å²) in [6.45, 7) is 1.47. The zero-order valence-electron chi connectivity index (χ0n) is 8.75. The molecule has 0 aliphatic heterocycles. The van der Waals surface area contributed by atoms with E-state index < -0.39 is 23.8 Å². The molecule has 2 nitrogen and oxygen atoms in total. The van der Waals surface area contributed by atoms with Gasteiger partial charge in [0, 0.05) is 17.0 Å². The smallest absolute Gasteiger partial charge is 0.132 e. The highest BCUT2D eigenvalue weighted by atomic mass is 79.9. The molecular weight excluding hydrogens is 282 g/mol. The normalized spacial score (nSPS) is 14.9. The van der Waals surface area contributed by atoms with Crippen LogP contribution in [0.3, 0.4) is 0 Å². The lowest BCUT2D eigenvalue weighted by molar-refractivity contribution is 0.0152. The average molecular weight is 295 g/mol. The first-order valence-electron chi connectivity index (χ1n) is 4.85. The highest BCUT2D eigenvalue weighted by Gasteiger charge is 2.22. The van der Waals surface area contributed by atoms with Crippen molar-refractivity contribution in [3.05, 3.63) is 34.9 Å². The van der Waals surface area contributed by atoms with Crippen LogP contribution in [-0.2, 0) is 0 Å². The summed E-state index contributed by atoms with van der Waals surface area (Å²) in [5.74, 6) is -1.51. The van der Waals surface area contributed by atoms with E-state index in [0.29, 0.717) is 5.33 Å². The van der Waals surface area contributed by atoms with Crippen LogP contribution in [-0.4, -0.2) is 21.6 Å². The summed E-state index contributed by atoms with van der Waals surface area (Å²) in [5, 5.41) is 19.7. The molecule has 0 aromatic heterocycles. The van der Waals surface area contributed by atoms with Crippen LogP contribution >= 0.6 is 15.9 Å². The Morgan fingerprint density at radius 3 is 2.44 bits per heavy atom. The van der Waals surface area contributed by atoms with Gasteiger partial charge in [-0.15, -0.1) is 0 Å². The van der Waals surface area contributed by atoms with E-state index in [1.54, 1.807) is 0 Å². The quantitative estimate of drug-likeness (QED) is 0.838. The second-order valence-corrected chi connectivity index (χ2v) is 4.41. The summed E-state index contributed by atoms with van der Waals surface area (Å²) in [6, 6.07) is 1.93. The first kappa shape index (κ1) is 13.5. The fourth-order valence-corrected chi connectivity index (χ4v) is 1.85. The molecule has 0 bridgehead atoms. The van der Waals surface area contributed by atoms with Gasteiger partial charge in [-0.2, -0.15) is 0 Å². The maximum Gasteiger partial charge on any atom is 0.132 e. The monoisotopic (exact) mass is 294 g/mol. The van der Waals surface area contributed by atoms with Crippen LogP contribution < -0.4 is 0 Å². The molecule has 1 aromatic rings. The molecule has 0 aliphatic carbocycles. The van der Waals surface area contributed by atoms with Crippen molar-refractivity contribution in [1.82, 2.24) is 0 Å². The van der Waals surface area contributed by atoms with E-state index in [9.17, 15) is 19.0 Å². The van der Waals surface area contributed by atoms with Crippen molar-refractivity contribution in [3.8, 4) is 0 Å². The zero-order valence-corrected chi connectivity index (χ0v) is 10.3. The number of hydrogen-bond acceptors (Lipinski definition) is 2. The first-order chi connectivity index (χ1) is 7.47. The van der Waals surface area contributed by atoms with Gasteiger partial charge in [-0.05, 0) is 25.0 Å². The Morgan fingerprint density at radius 2 is 1.88 bits per heavy atom. The SMILES string of the molecule is Cc1cc(C(O)C(O)CCBr)c(F)cc1F. The van der Waals surface area contributed by atoms with E-state index >= 15 is 0 Å². The molecular formula is C11H13BrF2O2. The van der Waals surface area contributed by atoms with E-state index in [2.05, 4.69) is 15.9 Å². The Bertz CT molecular complexity index is 371. The summed E-state index contributed by atoms with van der Waals surface area (Å²) < 4.78 is 26.3. The fourth-order valence-electron chi connectivity index (χ4n) is 1.38. The molecule has 0 saturated heterocycles. The van der Waals surface area contributed by atoms with E-state index in [0.717, 1.165) is 6.07 Å². The van der Waals surface area contributed by atoms with Crippen LogP contribution in [0.15, 0.2) is 12.1 Å². The van der Waals surface area contributed by atoms with Crippen molar-refractivity contribution in [2.75, 3.05) is 5.33 Å². The van der Waals surface area contributed by atoms with Gasteiger partial charge in [0.15, 0.2) is 0 Å². The van der Waals surface area contributed by atoms with Crippen molar-refractivity contribution >= 4 is 15.9 Å². The van der Waals surface area contributed by atoms with E-state index in [1.165, 1.54) is 13.0 Å². The molecule has 1 rings (SSSR count).